The molecule has 4 N–H and O–H groups in total. The Bertz CT molecular complexity index is 544. The highest BCUT2D eigenvalue weighted by molar-refractivity contribution is 9.11. The lowest BCUT2D eigenvalue weighted by Crippen LogP contribution is -2.27. The van der Waals surface area contributed by atoms with Gasteiger partial charge in [-0.15, -0.1) is 0 Å². The zero-order chi connectivity index (χ0) is 14.0. The third-order valence-corrected chi connectivity index (χ3v) is 3.78. The summed E-state index contributed by atoms with van der Waals surface area (Å²) in [6.45, 7) is -0.0804. The Hall–Kier alpha value is -1.18. The van der Waals surface area contributed by atoms with Crippen molar-refractivity contribution < 1.29 is 10.2 Å². The average Bonchev–Trinajstić information content (AvgIpc) is 2.74. The van der Waals surface area contributed by atoms with Crippen molar-refractivity contribution in [1.29, 1.82) is 0 Å². The molecule has 19 heavy (non-hydrogen) atoms. The van der Waals surface area contributed by atoms with Gasteiger partial charge in [-0.3, -0.25) is 4.57 Å². The topological polar surface area (TPSA) is 101 Å². The number of hydrogen-bond acceptors (Lipinski definition) is 5. The Morgan fingerprint density at radius 3 is 2.89 bits per heavy atom. The first-order chi connectivity index (χ1) is 9.06. The van der Waals surface area contributed by atoms with E-state index < -0.39 is 11.8 Å². The smallest absolute Gasteiger partial charge is 0.349 e. The van der Waals surface area contributed by atoms with Crippen LogP contribution in [0.4, 0.5) is 5.82 Å². The summed E-state index contributed by atoms with van der Waals surface area (Å²) < 4.78 is 1.48. The summed E-state index contributed by atoms with van der Waals surface area (Å²) in [5.41, 5.74) is 5.88. The van der Waals surface area contributed by atoms with E-state index in [4.69, 9.17) is 10.8 Å². The molecule has 0 aromatic carbocycles. The van der Waals surface area contributed by atoms with Crippen molar-refractivity contribution in [2.75, 3.05) is 12.3 Å². The number of nitrogens with zero attached hydrogens (tertiary/aromatic N) is 2. The summed E-state index contributed by atoms with van der Waals surface area (Å²) in [7, 11) is 0. The number of aliphatic hydroxyl groups is 2. The van der Waals surface area contributed by atoms with Gasteiger partial charge in [0.25, 0.3) is 0 Å². The van der Waals surface area contributed by atoms with Crippen molar-refractivity contribution in [3.8, 4) is 0 Å². The SMILES string of the molecule is Nc1nc(=O)n([C@@H]2C[C@H](CO)[C@@H](O)C2)cc1/C=C/Br. The summed E-state index contributed by atoms with van der Waals surface area (Å²) in [6, 6.07) is -0.157. The number of nitrogen functional groups attached to an aromatic ring is 1. The van der Waals surface area contributed by atoms with Gasteiger partial charge in [0.1, 0.15) is 5.82 Å². The van der Waals surface area contributed by atoms with E-state index in [0.29, 0.717) is 18.4 Å². The standard InChI is InChI=1S/C12H16BrN3O3/c13-2-1-7-5-16(12(19)15-11(7)14)9-3-8(6-17)10(18)4-9/h1-2,5,8-10,17-18H,3-4,6H2,(H2,14,15,19)/b2-1+/t8-,9-,10+/m1/s1. The molecular weight excluding hydrogens is 314 g/mol. The van der Waals surface area contributed by atoms with Gasteiger partial charge in [-0.2, -0.15) is 4.98 Å². The fraction of sp³-hybridized carbons (Fsp3) is 0.500. The second-order valence-corrected chi connectivity index (χ2v) is 5.23. The van der Waals surface area contributed by atoms with Crippen molar-refractivity contribution in [1.82, 2.24) is 9.55 Å². The van der Waals surface area contributed by atoms with E-state index in [-0.39, 0.29) is 24.4 Å². The molecule has 104 valence electrons. The maximum Gasteiger partial charge on any atom is 0.349 e. The second kappa shape index (κ2) is 5.85. The quantitative estimate of drug-likeness (QED) is 0.749. The first-order valence-electron chi connectivity index (χ1n) is 6.01. The van der Waals surface area contributed by atoms with Crippen molar-refractivity contribution >= 4 is 27.8 Å². The van der Waals surface area contributed by atoms with Gasteiger partial charge in [-0.05, 0) is 23.9 Å². The van der Waals surface area contributed by atoms with E-state index >= 15 is 0 Å². The zero-order valence-corrected chi connectivity index (χ0v) is 11.8. The first kappa shape index (κ1) is 14.2. The van der Waals surface area contributed by atoms with Crippen molar-refractivity contribution in [3.63, 3.8) is 0 Å². The maximum atomic E-state index is 11.9. The Balaban J connectivity index is 2.35. The Morgan fingerprint density at radius 2 is 2.32 bits per heavy atom. The van der Waals surface area contributed by atoms with Crippen LogP contribution in [0, 0.1) is 5.92 Å². The van der Waals surface area contributed by atoms with Crippen LogP contribution in [0.5, 0.6) is 0 Å². The van der Waals surface area contributed by atoms with Crippen LogP contribution < -0.4 is 11.4 Å². The highest BCUT2D eigenvalue weighted by atomic mass is 79.9. The van der Waals surface area contributed by atoms with E-state index in [1.54, 1.807) is 17.3 Å². The van der Waals surface area contributed by atoms with Gasteiger partial charge < -0.3 is 15.9 Å². The molecule has 1 heterocycles. The summed E-state index contributed by atoms with van der Waals surface area (Å²) in [5.74, 6) is -0.0150. The highest BCUT2D eigenvalue weighted by Gasteiger charge is 2.34. The minimum Gasteiger partial charge on any atom is -0.396 e. The molecule has 7 heteroatoms. The summed E-state index contributed by atoms with van der Waals surface area (Å²) in [6.07, 6.45) is 3.75. The lowest BCUT2D eigenvalue weighted by molar-refractivity contribution is 0.0906. The van der Waals surface area contributed by atoms with Crippen LogP contribution in [0.25, 0.3) is 6.08 Å². The molecule has 3 atom stereocenters. The minimum atomic E-state index is -0.588. The molecule has 0 radical (unpaired) electrons. The maximum absolute atomic E-state index is 11.9. The van der Waals surface area contributed by atoms with Crippen LogP contribution in [-0.4, -0.2) is 32.5 Å². The van der Waals surface area contributed by atoms with E-state index in [2.05, 4.69) is 20.9 Å². The molecule has 1 fully saturated rings. The number of halogens is 1. The third-order valence-electron chi connectivity index (χ3n) is 3.51. The predicted octanol–water partition coefficient (Wildman–Crippen LogP) is 0.495. The Morgan fingerprint density at radius 1 is 1.58 bits per heavy atom. The monoisotopic (exact) mass is 329 g/mol. The number of anilines is 1. The number of aliphatic hydroxyl groups excluding tert-OH is 2. The molecule has 0 amide bonds. The number of aromatic nitrogens is 2. The van der Waals surface area contributed by atoms with E-state index in [9.17, 15) is 9.90 Å². The molecule has 6 nitrogen and oxygen atoms in total. The van der Waals surface area contributed by atoms with Crippen LogP contribution in [0.3, 0.4) is 0 Å². The minimum absolute atomic E-state index is 0.0804. The highest BCUT2D eigenvalue weighted by Crippen LogP contribution is 2.34. The molecule has 1 aromatic heterocycles. The summed E-state index contributed by atoms with van der Waals surface area (Å²) in [4.78, 5) is 17.3. The number of hydrogen-bond donors (Lipinski definition) is 3. The van der Waals surface area contributed by atoms with Crippen LogP contribution in [0.15, 0.2) is 16.0 Å². The predicted molar refractivity (Wildman–Crippen MR) is 75.7 cm³/mol. The molecule has 0 saturated heterocycles. The van der Waals surface area contributed by atoms with Gasteiger partial charge >= 0.3 is 5.69 Å². The molecule has 0 aliphatic heterocycles. The number of nitrogens with two attached hydrogens (primary N) is 1. The molecule has 1 saturated carbocycles. The van der Waals surface area contributed by atoms with Gasteiger partial charge in [0.2, 0.25) is 0 Å². The third kappa shape index (κ3) is 2.88. The Labute approximate surface area is 118 Å². The van der Waals surface area contributed by atoms with Gasteiger partial charge in [0.15, 0.2) is 0 Å². The Kier molecular flexibility index (Phi) is 4.38. The molecule has 1 aromatic rings. The molecule has 0 unspecified atom stereocenters. The fourth-order valence-corrected chi connectivity index (χ4v) is 2.74. The van der Waals surface area contributed by atoms with Gasteiger partial charge in [-0.1, -0.05) is 15.9 Å². The molecule has 1 aliphatic carbocycles. The molecule has 1 aliphatic rings. The van der Waals surface area contributed by atoms with Gasteiger partial charge in [0.05, 0.1) is 6.10 Å². The lowest BCUT2D eigenvalue weighted by atomic mass is 10.1. The summed E-state index contributed by atoms with van der Waals surface area (Å²) >= 11 is 3.15. The zero-order valence-electron chi connectivity index (χ0n) is 10.2. The van der Waals surface area contributed by atoms with Crippen molar-refractivity contribution in [2.45, 2.75) is 25.0 Å². The van der Waals surface area contributed by atoms with Crippen molar-refractivity contribution in [2.24, 2.45) is 5.92 Å². The van der Waals surface area contributed by atoms with E-state index in [0.717, 1.165) is 0 Å². The summed E-state index contributed by atoms with van der Waals surface area (Å²) in [5, 5.41) is 18.9. The largest absolute Gasteiger partial charge is 0.396 e. The normalized spacial score (nSPS) is 27.2. The van der Waals surface area contributed by atoms with Crippen LogP contribution in [0.2, 0.25) is 0 Å². The number of rotatable bonds is 3. The van der Waals surface area contributed by atoms with Crippen LogP contribution in [0.1, 0.15) is 24.4 Å². The lowest BCUT2D eigenvalue weighted by Gasteiger charge is -2.14. The van der Waals surface area contributed by atoms with Crippen LogP contribution >= 0.6 is 15.9 Å². The molecular formula is C12H16BrN3O3. The van der Waals surface area contributed by atoms with E-state index in [1.807, 2.05) is 0 Å². The molecule has 2 rings (SSSR count). The first-order valence-corrected chi connectivity index (χ1v) is 6.92. The second-order valence-electron chi connectivity index (χ2n) is 4.70. The molecule has 0 bridgehead atoms. The van der Waals surface area contributed by atoms with Crippen molar-refractivity contribution in [3.05, 3.63) is 27.2 Å². The average molecular weight is 330 g/mol. The van der Waals surface area contributed by atoms with Gasteiger partial charge in [-0.25, -0.2) is 4.79 Å². The van der Waals surface area contributed by atoms with Gasteiger partial charge in [0, 0.05) is 30.3 Å². The van der Waals surface area contributed by atoms with E-state index in [1.165, 1.54) is 4.57 Å². The molecule has 0 spiro atoms. The fourth-order valence-electron chi connectivity index (χ4n) is 2.45. The van der Waals surface area contributed by atoms with Crippen LogP contribution in [-0.2, 0) is 0 Å².